The zero-order valence-corrected chi connectivity index (χ0v) is 17.1. The van der Waals surface area contributed by atoms with Gasteiger partial charge in [0.05, 0.1) is 10.2 Å². The van der Waals surface area contributed by atoms with Crippen molar-refractivity contribution < 1.29 is 22.8 Å². The smallest absolute Gasteiger partial charge is 0.320 e. The van der Waals surface area contributed by atoms with E-state index in [9.17, 15) is 22.8 Å². The number of ketones is 1. The summed E-state index contributed by atoms with van der Waals surface area (Å²) in [6, 6.07) is 12.5. The molecule has 1 heterocycles. The number of rotatable bonds is 4. The quantitative estimate of drug-likeness (QED) is 0.507. The van der Waals surface area contributed by atoms with E-state index in [0.29, 0.717) is 10.2 Å². The van der Waals surface area contributed by atoms with Crippen LogP contribution >= 0.6 is 27.5 Å². The van der Waals surface area contributed by atoms with Crippen molar-refractivity contribution in [1.29, 1.82) is 0 Å². The van der Waals surface area contributed by atoms with E-state index in [4.69, 9.17) is 11.6 Å². The van der Waals surface area contributed by atoms with Gasteiger partial charge in [0.15, 0.2) is 17.2 Å². The van der Waals surface area contributed by atoms with Crippen LogP contribution in [0.3, 0.4) is 0 Å². The number of carbonyl (C=O) groups is 2. The van der Waals surface area contributed by atoms with Crippen molar-refractivity contribution in [2.75, 3.05) is 5.32 Å². The van der Waals surface area contributed by atoms with Gasteiger partial charge < -0.3 is 5.32 Å². The molecular formula is C19H12BrClF3N3O2. The summed E-state index contributed by atoms with van der Waals surface area (Å²) in [5.41, 5.74) is -1.00. The zero-order chi connectivity index (χ0) is 21.3. The summed E-state index contributed by atoms with van der Waals surface area (Å²) in [7, 11) is 1.08. The first-order valence-electron chi connectivity index (χ1n) is 8.10. The Morgan fingerprint density at radius 3 is 2.38 bits per heavy atom. The third-order valence-electron chi connectivity index (χ3n) is 3.98. The summed E-state index contributed by atoms with van der Waals surface area (Å²) in [6.07, 6.45) is -4.70. The van der Waals surface area contributed by atoms with Crippen LogP contribution in [0.1, 0.15) is 32.1 Å². The van der Waals surface area contributed by atoms with Crippen LogP contribution in [0.2, 0.25) is 5.02 Å². The average Bonchev–Trinajstić information content (AvgIpc) is 2.97. The molecule has 10 heteroatoms. The maximum atomic E-state index is 13.1. The van der Waals surface area contributed by atoms with E-state index in [1.165, 1.54) is 18.2 Å². The van der Waals surface area contributed by atoms with E-state index in [0.717, 1.165) is 7.05 Å². The van der Waals surface area contributed by atoms with Crippen LogP contribution in [-0.2, 0) is 13.2 Å². The second-order valence-electron chi connectivity index (χ2n) is 5.97. The maximum Gasteiger partial charge on any atom is 0.434 e. The lowest BCUT2D eigenvalue weighted by atomic mass is 10.0. The minimum absolute atomic E-state index is 0.0966. The number of hydrogen-bond donors (Lipinski definition) is 1. The number of halogens is 5. The van der Waals surface area contributed by atoms with Gasteiger partial charge in [-0.2, -0.15) is 18.3 Å². The normalized spacial score (nSPS) is 11.4. The van der Waals surface area contributed by atoms with Gasteiger partial charge in [-0.15, -0.1) is 0 Å². The molecule has 0 unspecified atom stereocenters. The van der Waals surface area contributed by atoms with Crippen LogP contribution in [0.15, 0.2) is 53.0 Å². The monoisotopic (exact) mass is 485 g/mol. The molecule has 0 saturated carbocycles. The van der Waals surface area contributed by atoms with Crippen LogP contribution < -0.4 is 5.32 Å². The first-order chi connectivity index (χ1) is 13.6. The van der Waals surface area contributed by atoms with Crippen LogP contribution in [0.5, 0.6) is 0 Å². The number of nitrogens with zero attached hydrogens (tertiary/aromatic N) is 2. The van der Waals surface area contributed by atoms with Gasteiger partial charge in [0.25, 0.3) is 5.91 Å². The number of hydrogen-bond acceptors (Lipinski definition) is 3. The van der Waals surface area contributed by atoms with Gasteiger partial charge in [-0.05, 0) is 34.1 Å². The van der Waals surface area contributed by atoms with E-state index in [-0.39, 0.29) is 16.3 Å². The minimum atomic E-state index is -4.70. The lowest BCUT2D eigenvalue weighted by Crippen LogP contribution is -2.16. The van der Waals surface area contributed by atoms with Crippen molar-refractivity contribution >= 4 is 44.9 Å². The zero-order valence-electron chi connectivity index (χ0n) is 14.7. The number of alkyl halides is 3. The molecule has 5 nitrogen and oxygen atoms in total. The molecule has 0 atom stereocenters. The van der Waals surface area contributed by atoms with Gasteiger partial charge in [-0.3, -0.25) is 14.3 Å². The molecule has 2 aromatic carbocycles. The summed E-state index contributed by atoms with van der Waals surface area (Å²) in [5, 5.41) is 6.36. The lowest BCUT2D eigenvalue weighted by Gasteiger charge is -2.11. The summed E-state index contributed by atoms with van der Waals surface area (Å²) in [6.45, 7) is 0. The molecule has 0 radical (unpaired) electrons. The van der Waals surface area contributed by atoms with Gasteiger partial charge in [0, 0.05) is 23.2 Å². The maximum absolute atomic E-state index is 13.1. The van der Waals surface area contributed by atoms with Gasteiger partial charge >= 0.3 is 6.18 Å². The molecule has 0 spiro atoms. The number of aryl methyl sites for hydroxylation is 1. The number of anilines is 1. The van der Waals surface area contributed by atoms with Crippen LogP contribution in [0, 0.1) is 0 Å². The van der Waals surface area contributed by atoms with E-state index < -0.39 is 33.7 Å². The molecule has 0 aliphatic carbocycles. The predicted octanol–water partition coefficient (Wildman–Crippen LogP) is 5.34. The Bertz CT molecular complexity index is 1100. The van der Waals surface area contributed by atoms with Crippen LogP contribution in [-0.4, -0.2) is 21.5 Å². The molecule has 1 aromatic heterocycles. The van der Waals surface area contributed by atoms with Gasteiger partial charge in [-0.25, -0.2) is 0 Å². The topological polar surface area (TPSA) is 64.0 Å². The van der Waals surface area contributed by atoms with Crippen molar-refractivity contribution in [2.24, 2.45) is 7.05 Å². The first-order valence-corrected chi connectivity index (χ1v) is 9.27. The van der Waals surface area contributed by atoms with Gasteiger partial charge in [0.1, 0.15) is 0 Å². The summed E-state index contributed by atoms with van der Waals surface area (Å²) in [4.78, 5) is 25.4. The van der Waals surface area contributed by atoms with Crippen LogP contribution in [0.4, 0.5) is 18.9 Å². The second kappa shape index (κ2) is 8.00. The Balaban J connectivity index is 1.98. The Labute approximate surface area is 176 Å². The molecule has 29 heavy (non-hydrogen) atoms. The van der Waals surface area contributed by atoms with Crippen molar-refractivity contribution in [3.8, 4) is 0 Å². The summed E-state index contributed by atoms with van der Waals surface area (Å²) in [5.74, 6) is -1.31. The van der Waals surface area contributed by atoms with Crippen molar-refractivity contribution in [2.45, 2.75) is 6.18 Å². The number of amides is 1. The van der Waals surface area contributed by atoms with Crippen LogP contribution in [0.25, 0.3) is 0 Å². The predicted molar refractivity (Wildman–Crippen MR) is 105 cm³/mol. The molecule has 0 fully saturated rings. The van der Waals surface area contributed by atoms with Gasteiger partial charge in [0.2, 0.25) is 0 Å². The summed E-state index contributed by atoms with van der Waals surface area (Å²) >= 11 is 8.78. The molecule has 150 valence electrons. The third-order valence-corrected chi connectivity index (χ3v) is 4.97. The number of aromatic nitrogens is 2. The highest BCUT2D eigenvalue weighted by atomic mass is 79.9. The SMILES string of the molecule is Cn1nc(C(=O)Nc2ccc(Cl)cc2C(=O)c2ccccc2)c(Br)c1C(F)(F)F. The van der Waals surface area contributed by atoms with Crippen molar-refractivity contribution in [1.82, 2.24) is 9.78 Å². The Hall–Kier alpha value is -2.65. The fourth-order valence-electron chi connectivity index (χ4n) is 2.69. The molecule has 3 aromatic rings. The third kappa shape index (κ3) is 4.35. The molecule has 0 bridgehead atoms. The second-order valence-corrected chi connectivity index (χ2v) is 7.20. The van der Waals surface area contributed by atoms with Gasteiger partial charge in [-0.1, -0.05) is 41.9 Å². The molecule has 0 aliphatic heterocycles. The van der Waals surface area contributed by atoms with E-state index in [1.807, 2.05) is 0 Å². The number of nitrogens with one attached hydrogen (secondary N) is 1. The Morgan fingerprint density at radius 2 is 1.79 bits per heavy atom. The summed E-state index contributed by atoms with van der Waals surface area (Å²) < 4.78 is 39.5. The molecule has 0 saturated heterocycles. The first kappa shape index (κ1) is 21.1. The fraction of sp³-hybridized carbons (Fsp3) is 0.105. The number of benzene rings is 2. The van der Waals surface area contributed by atoms with E-state index >= 15 is 0 Å². The Kier molecular flexibility index (Phi) is 5.81. The Morgan fingerprint density at radius 1 is 1.14 bits per heavy atom. The highest BCUT2D eigenvalue weighted by Crippen LogP contribution is 2.36. The minimum Gasteiger partial charge on any atom is -0.320 e. The van der Waals surface area contributed by atoms with E-state index in [1.54, 1.807) is 30.3 Å². The molecule has 3 rings (SSSR count). The lowest BCUT2D eigenvalue weighted by molar-refractivity contribution is -0.144. The van der Waals surface area contributed by atoms with Crippen molar-refractivity contribution in [3.05, 3.63) is 80.5 Å². The molecule has 1 N–H and O–H groups in total. The van der Waals surface area contributed by atoms with Crippen molar-refractivity contribution in [3.63, 3.8) is 0 Å². The van der Waals surface area contributed by atoms with E-state index in [2.05, 4.69) is 26.3 Å². The standard InChI is InChI=1S/C19H12BrClF3N3O2/c1-27-17(19(22,23)24)14(20)15(26-27)18(29)25-13-8-7-11(21)9-12(13)16(28)10-5-3-2-4-6-10/h2-9H,1H3,(H,25,29). The molecular weight excluding hydrogens is 475 g/mol. The molecule has 1 amide bonds. The highest BCUT2D eigenvalue weighted by Gasteiger charge is 2.39. The molecule has 0 aliphatic rings. The number of carbonyl (C=O) groups excluding carboxylic acids is 2. The highest BCUT2D eigenvalue weighted by molar-refractivity contribution is 9.10. The largest absolute Gasteiger partial charge is 0.434 e. The average molecular weight is 487 g/mol. The fourth-order valence-corrected chi connectivity index (χ4v) is 3.60.